The molecular formula is C23H29ClIN3O4S. The number of sulfonamides is 1. The van der Waals surface area contributed by atoms with E-state index in [1.807, 2.05) is 13.8 Å². The van der Waals surface area contributed by atoms with Gasteiger partial charge in [-0.15, -0.1) is 0 Å². The quantitative estimate of drug-likeness (QED) is 0.392. The molecule has 2 rings (SSSR count). The van der Waals surface area contributed by atoms with Crippen molar-refractivity contribution in [3.8, 4) is 0 Å². The van der Waals surface area contributed by atoms with E-state index in [-0.39, 0.29) is 12.5 Å². The second-order valence-corrected chi connectivity index (χ2v) is 11.1. The van der Waals surface area contributed by atoms with Gasteiger partial charge in [-0.2, -0.15) is 0 Å². The van der Waals surface area contributed by atoms with Crippen molar-refractivity contribution in [1.29, 1.82) is 0 Å². The number of amides is 2. The van der Waals surface area contributed by atoms with Crippen LogP contribution in [0.25, 0.3) is 0 Å². The molecule has 180 valence electrons. The molecule has 0 unspecified atom stereocenters. The van der Waals surface area contributed by atoms with Crippen LogP contribution < -0.4 is 9.62 Å². The molecule has 2 aromatic carbocycles. The molecule has 1 N–H and O–H groups in total. The number of rotatable bonds is 11. The number of anilines is 1. The Hall–Kier alpha value is -1.85. The molecule has 0 heterocycles. The summed E-state index contributed by atoms with van der Waals surface area (Å²) in [5, 5.41) is 3.31. The fraction of sp³-hybridized carbons (Fsp3) is 0.391. The molecule has 0 radical (unpaired) electrons. The lowest BCUT2D eigenvalue weighted by Crippen LogP contribution is -2.52. The second kappa shape index (κ2) is 12.6. The van der Waals surface area contributed by atoms with Gasteiger partial charge in [0.25, 0.3) is 0 Å². The molecular weight excluding hydrogens is 577 g/mol. The number of halogens is 2. The number of carbonyl (C=O) groups is 2. The van der Waals surface area contributed by atoms with E-state index in [2.05, 4.69) is 27.9 Å². The number of nitrogens with zero attached hydrogens (tertiary/aromatic N) is 2. The molecule has 2 aromatic rings. The van der Waals surface area contributed by atoms with Crippen LogP contribution in [0.15, 0.2) is 48.5 Å². The van der Waals surface area contributed by atoms with Crippen LogP contribution in [0.3, 0.4) is 0 Å². The van der Waals surface area contributed by atoms with Gasteiger partial charge < -0.3 is 10.2 Å². The van der Waals surface area contributed by atoms with Crippen LogP contribution >= 0.6 is 34.2 Å². The molecule has 0 bridgehead atoms. The van der Waals surface area contributed by atoms with Crippen molar-refractivity contribution >= 4 is 61.7 Å². The van der Waals surface area contributed by atoms with Gasteiger partial charge >= 0.3 is 0 Å². The molecule has 0 aliphatic rings. The summed E-state index contributed by atoms with van der Waals surface area (Å²) < 4.78 is 27.1. The predicted molar refractivity (Wildman–Crippen MR) is 141 cm³/mol. The largest absolute Gasteiger partial charge is 0.354 e. The first-order valence-electron chi connectivity index (χ1n) is 10.6. The smallest absolute Gasteiger partial charge is 0.244 e. The molecule has 0 aromatic heterocycles. The maximum Gasteiger partial charge on any atom is 0.244 e. The first-order chi connectivity index (χ1) is 15.6. The predicted octanol–water partition coefficient (Wildman–Crippen LogP) is 4.04. The lowest BCUT2D eigenvalue weighted by molar-refractivity contribution is -0.140. The Morgan fingerprint density at radius 2 is 1.73 bits per heavy atom. The molecule has 0 aliphatic carbocycles. The Morgan fingerprint density at radius 3 is 2.27 bits per heavy atom. The highest BCUT2D eigenvalue weighted by Gasteiger charge is 2.31. The van der Waals surface area contributed by atoms with Crippen molar-refractivity contribution in [3.63, 3.8) is 0 Å². The van der Waals surface area contributed by atoms with Gasteiger partial charge in [0.1, 0.15) is 12.6 Å². The van der Waals surface area contributed by atoms with E-state index in [4.69, 9.17) is 11.6 Å². The number of carbonyl (C=O) groups excluding carboxylic acids is 2. The van der Waals surface area contributed by atoms with E-state index >= 15 is 0 Å². The first kappa shape index (κ1) is 27.4. The average molecular weight is 606 g/mol. The minimum absolute atomic E-state index is 0.0842. The van der Waals surface area contributed by atoms with Gasteiger partial charge in [0.2, 0.25) is 21.8 Å². The molecule has 0 aliphatic heterocycles. The summed E-state index contributed by atoms with van der Waals surface area (Å²) in [6, 6.07) is 13.2. The molecule has 0 saturated carbocycles. The molecule has 0 saturated heterocycles. The van der Waals surface area contributed by atoms with Crippen LogP contribution in [0.1, 0.15) is 32.3 Å². The van der Waals surface area contributed by atoms with E-state index in [0.29, 0.717) is 29.2 Å². The van der Waals surface area contributed by atoms with Crippen LogP contribution in [-0.4, -0.2) is 50.5 Å². The van der Waals surface area contributed by atoms with E-state index in [1.165, 1.54) is 4.90 Å². The van der Waals surface area contributed by atoms with Crippen LogP contribution in [0.5, 0.6) is 0 Å². The summed E-state index contributed by atoms with van der Waals surface area (Å²) in [7, 11) is -3.75. The lowest BCUT2D eigenvalue weighted by atomic mass is 10.1. The molecule has 7 nitrogen and oxygen atoms in total. The summed E-state index contributed by atoms with van der Waals surface area (Å²) in [5.74, 6) is -0.766. The summed E-state index contributed by atoms with van der Waals surface area (Å²) >= 11 is 8.45. The maximum absolute atomic E-state index is 13.5. The SMILES string of the molecule is CCCNC(=O)[C@H](CC)N(Cc1ccccc1Cl)C(=O)CN(c1ccc(I)cc1)S(C)(=O)=O. The van der Waals surface area contributed by atoms with Crippen LogP contribution in [0, 0.1) is 3.57 Å². The molecule has 0 fully saturated rings. The van der Waals surface area contributed by atoms with E-state index in [1.54, 1.807) is 48.5 Å². The van der Waals surface area contributed by atoms with Crippen molar-refractivity contribution in [3.05, 3.63) is 62.7 Å². The number of hydrogen-bond donors (Lipinski definition) is 1. The van der Waals surface area contributed by atoms with Crippen LogP contribution in [0.2, 0.25) is 5.02 Å². The third-order valence-corrected chi connectivity index (χ3v) is 7.26. The van der Waals surface area contributed by atoms with Gasteiger partial charge in [0.15, 0.2) is 0 Å². The van der Waals surface area contributed by atoms with Gasteiger partial charge in [-0.25, -0.2) is 8.42 Å². The highest BCUT2D eigenvalue weighted by Crippen LogP contribution is 2.23. The Balaban J connectivity index is 2.42. The molecule has 1 atom stereocenters. The normalized spacial score (nSPS) is 12.2. The van der Waals surface area contributed by atoms with Crippen molar-refractivity contribution in [2.75, 3.05) is 23.7 Å². The Morgan fingerprint density at radius 1 is 1.09 bits per heavy atom. The minimum atomic E-state index is -3.75. The minimum Gasteiger partial charge on any atom is -0.354 e. The molecule has 2 amide bonds. The van der Waals surface area contributed by atoms with Gasteiger partial charge in [0, 0.05) is 21.7 Å². The van der Waals surface area contributed by atoms with Crippen LogP contribution in [0.4, 0.5) is 5.69 Å². The van der Waals surface area contributed by atoms with E-state index in [0.717, 1.165) is 20.6 Å². The number of nitrogens with one attached hydrogen (secondary N) is 1. The highest BCUT2D eigenvalue weighted by molar-refractivity contribution is 14.1. The Kier molecular flexibility index (Phi) is 10.4. The standard InChI is InChI=1S/C23H29ClIN3O4S/c1-4-14-26-23(30)21(5-2)27(15-17-8-6-7-9-20(17)24)22(29)16-28(33(3,31)32)19-12-10-18(25)11-13-19/h6-13,21H,4-5,14-16H2,1-3H3,(H,26,30)/t21-/m0/s1. The van der Waals surface area contributed by atoms with Gasteiger partial charge in [-0.1, -0.05) is 43.6 Å². The Labute approximate surface area is 214 Å². The zero-order valence-corrected chi connectivity index (χ0v) is 22.7. The van der Waals surface area contributed by atoms with Gasteiger partial charge in [-0.05, 0) is 71.3 Å². The lowest BCUT2D eigenvalue weighted by Gasteiger charge is -2.33. The Bertz CT molecular complexity index is 1060. The summed E-state index contributed by atoms with van der Waals surface area (Å²) in [4.78, 5) is 27.8. The van der Waals surface area contributed by atoms with Crippen molar-refractivity contribution in [2.24, 2.45) is 0 Å². The van der Waals surface area contributed by atoms with Crippen molar-refractivity contribution in [1.82, 2.24) is 10.2 Å². The van der Waals surface area contributed by atoms with Crippen molar-refractivity contribution in [2.45, 2.75) is 39.3 Å². The topological polar surface area (TPSA) is 86.8 Å². The monoisotopic (exact) mass is 605 g/mol. The number of benzene rings is 2. The first-order valence-corrected chi connectivity index (χ1v) is 13.9. The summed E-state index contributed by atoms with van der Waals surface area (Å²) in [6.07, 6.45) is 2.19. The van der Waals surface area contributed by atoms with Crippen molar-refractivity contribution < 1.29 is 18.0 Å². The molecule has 0 spiro atoms. The third kappa shape index (κ3) is 7.86. The van der Waals surface area contributed by atoms with E-state index < -0.39 is 28.5 Å². The highest BCUT2D eigenvalue weighted by atomic mass is 127. The van der Waals surface area contributed by atoms with Crippen LogP contribution in [-0.2, 0) is 26.2 Å². The van der Waals surface area contributed by atoms with Gasteiger partial charge in [0.05, 0.1) is 11.9 Å². The third-order valence-electron chi connectivity index (χ3n) is 5.03. The summed E-state index contributed by atoms with van der Waals surface area (Å²) in [6.45, 7) is 3.90. The maximum atomic E-state index is 13.5. The average Bonchev–Trinajstić information content (AvgIpc) is 2.77. The zero-order valence-electron chi connectivity index (χ0n) is 18.9. The fourth-order valence-corrected chi connectivity index (χ4v) is 4.72. The van der Waals surface area contributed by atoms with E-state index in [9.17, 15) is 18.0 Å². The molecule has 33 heavy (non-hydrogen) atoms. The molecule has 10 heteroatoms. The summed E-state index contributed by atoms with van der Waals surface area (Å²) in [5.41, 5.74) is 1.06. The van der Waals surface area contributed by atoms with Gasteiger partial charge in [-0.3, -0.25) is 13.9 Å². The number of hydrogen-bond acceptors (Lipinski definition) is 4. The second-order valence-electron chi connectivity index (χ2n) is 7.57. The fourth-order valence-electron chi connectivity index (χ4n) is 3.32. The zero-order chi connectivity index (χ0) is 24.6.